The maximum absolute atomic E-state index is 10.1. The van der Waals surface area contributed by atoms with E-state index in [1.165, 1.54) is 31.5 Å². The van der Waals surface area contributed by atoms with E-state index in [0.717, 1.165) is 16.6 Å². The van der Waals surface area contributed by atoms with Crippen molar-refractivity contribution >= 4 is 22.0 Å². The molecule has 0 saturated carbocycles. The first-order chi connectivity index (χ1) is 8.29. The Morgan fingerprint density at radius 2 is 2.12 bits per heavy atom. The molecule has 1 aliphatic heterocycles. The minimum Gasteiger partial charge on any atom is -0.299 e. The number of nitrogens with zero attached hydrogens (tertiary/aromatic N) is 2. The molecule has 1 heterocycles. The number of hydrogen-bond acceptors (Lipinski definition) is 3. The van der Waals surface area contributed by atoms with Crippen molar-refractivity contribution in [1.82, 2.24) is 4.90 Å². The Bertz CT molecular complexity index is 435. The second kappa shape index (κ2) is 6.10. The molecule has 1 fully saturated rings. The normalized spacial score (nSPS) is 15.8. The van der Waals surface area contributed by atoms with E-state index in [1.54, 1.807) is 6.08 Å². The van der Waals surface area contributed by atoms with Crippen molar-refractivity contribution in [1.29, 1.82) is 0 Å². The van der Waals surface area contributed by atoms with Crippen LogP contribution in [0.5, 0.6) is 0 Å². The molecule has 0 spiro atoms. The molecule has 1 aromatic carbocycles. The summed E-state index contributed by atoms with van der Waals surface area (Å²) in [5.41, 5.74) is 2.33. The fraction of sp³-hybridized carbons (Fsp3) is 0.462. The van der Waals surface area contributed by atoms with Gasteiger partial charge in [0.1, 0.15) is 0 Å². The Balaban J connectivity index is 2.05. The van der Waals surface area contributed by atoms with Crippen LogP contribution in [0.15, 0.2) is 27.7 Å². The van der Waals surface area contributed by atoms with Crippen molar-refractivity contribution in [3.8, 4) is 0 Å². The van der Waals surface area contributed by atoms with Gasteiger partial charge >= 0.3 is 0 Å². The topological polar surface area (TPSA) is 32.7 Å². The lowest BCUT2D eigenvalue weighted by molar-refractivity contribution is 0.331. The van der Waals surface area contributed by atoms with Gasteiger partial charge in [0.05, 0.1) is 6.54 Å². The lowest BCUT2D eigenvalue weighted by Gasteiger charge is -2.16. The summed E-state index contributed by atoms with van der Waals surface area (Å²) in [6, 6.07) is 6.17. The molecule has 0 unspecified atom stereocenters. The average Bonchev–Trinajstić information content (AvgIpc) is 2.82. The van der Waals surface area contributed by atoms with Gasteiger partial charge in [0, 0.05) is 11.0 Å². The molecule has 0 aliphatic carbocycles. The molecule has 0 aromatic heterocycles. The first-order valence-corrected chi connectivity index (χ1v) is 6.62. The van der Waals surface area contributed by atoms with Crippen LogP contribution in [0, 0.1) is 0 Å². The fourth-order valence-corrected chi connectivity index (χ4v) is 2.67. The van der Waals surface area contributed by atoms with Crippen LogP contribution in [0.3, 0.4) is 0 Å². The molecule has 2 rings (SSSR count). The zero-order valence-corrected chi connectivity index (χ0v) is 11.2. The molecule has 0 N–H and O–H groups in total. The van der Waals surface area contributed by atoms with Crippen molar-refractivity contribution in [2.24, 2.45) is 4.99 Å². The lowest BCUT2D eigenvalue weighted by Crippen LogP contribution is -2.18. The summed E-state index contributed by atoms with van der Waals surface area (Å²) in [5, 5.41) is 0. The molecular weight excluding hydrogens is 280 g/mol. The highest BCUT2D eigenvalue weighted by Crippen LogP contribution is 2.22. The molecule has 1 aliphatic rings. The van der Waals surface area contributed by atoms with Gasteiger partial charge in [0.15, 0.2) is 0 Å². The molecule has 3 nitrogen and oxygen atoms in total. The number of isocyanates is 1. The van der Waals surface area contributed by atoms with Gasteiger partial charge in [-0.3, -0.25) is 4.90 Å². The highest BCUT2D eigenvalue weighted by atomic mass is 79.9. The van der Waals surface area contributed by atoms with E-state index in [1.807, 2.05) is 12.1 Å². The third-order valence-electron chi connectivity index (χ3n) is 3.04. The molecule has 1 saturated heterocycles. The van der Waals surface area contributed by atoms with Crippen molar-refractivity contribution in [3.05, 3.63) is 33.8 Å². The Morgan fingerprint density at radius 1 is 1.35 bits per heavy atom. The minimum absolute atomic E-state index is 0.409. The summed E-state index contributed by atoms with van der Waals surface area (Å²) < 4.78 is 1.10. The highest BCUT2D eigenvalue weighted by Gasteiger charge is 2.13. The van der Waals surface area contributed by atoms with Gasteiger partial charge < -0.3 is 0 Å². The van der Waals surface area contributed by atoms with Crippen LogP contribution in [0.4, 0.5) is 0 Å². The quantitative estimate of drug-likeness (QED) is 0.632. The predicted octanol–water partition coefficient (Wildman–Crippen LogP) is 2.88. The number of halogens is 1. The molecule has 90 valence electrons. The fourth-order valence-electron chi connectivity index (χ4n) is 2.12. The van der Waals surface area contributed by atoms with Crippen LogP contribution in [0.1, 0.15) is 24.0 Å². The molecule has 0 atom stereocenters. The van der Waals surface area contributed by atoms with Gasteiger partial charge in [-0.15, -0.1) is 0 Å². The first kappa shape index (κ1) is 12.5. The van der Waals surface area contributed by atoms with E-state index in [2.05, 4.69) is 31.9 Å². The van der Waals surface area contributed by atoms with E-state index in [4.69, 9.17) is 0 Å². The van der Waals surface area contributed by atoms with Gasteiger partial charge in [-0.2, -0.15) is 0 Å². The molecule has 0 amide bonds. The van der Waals surface area contributed by atoms with Gasteiger partial charge in [-0.25, -0.2) is 9.79 Å². The van der Waals surface area contributed by atoms with E-state index in [-0.39, 0.29) is 0 Å². The van der Waals surface area contributed by atoms with Crippen molar-refractivity contribution in [2.75, 3.05) is 13.1 Å². The third-order valence-corrected chi connectivity index (χ3v) is 3.77. The van der Waals surface area contributed by atoms with Crippen LogP contribution >= 0.6 is 15.9 Å². The third kappa shape index (κ3) is 3.50. The highest BCUT2D eigenvalue weighted by molar-refractivity contribution is 9.10. The smallest absolute Gasteiger partial charge is 0.235 e. The van der Waals surface area contributed by atoms with Gasteiger partial charge in [0.25, 0.3) is 0 Å². The lowest BCUT2D eigenvalue weighted by atomic mass is 10.1. The summed E-state index contributed by atoms with van der Waals surface area (Å²) >= 11 is 3.58. The van der Waals surface area contributed by atoms with Gasteiger partial charge in [-0.1, -0.05) is 28.1 Å². The van der Waals surface area contributed by atoms with Crippen LogP contribution in [-0.2, 0) is 17.9 Å². The number of aliphatic imine (C=N–C) groups is 1. The van der Waals surface area contributed by atoms with Crippen LogP contribution < -0.4 is 0 Å². The van der Waals surface area contributed by atoms with E-state index in [0.29, 0.717) is 6.54 Å². The summed E-state index contributed by atoms with van der Waals surface area (Å²) in [7, 11) is 0. The standard InChI is InChI=1S/C13H15BrN2O/c14-13-7-11(8-15-10-17)3-4-12(13)9-16-5-1-2-6-16/h3-4,7H,1-2,5-6,8-9H2. The molecular formula is C13H15BrN2O. The SMILES string of the molecule is O=C=NCc1ccc(CN2CCCC2)c(Br)c1. The maximum atomic E-state index is 10.1. The monoisotopic (exact) mass is 294 g/mol. The Kier molecular flexibility index (Phi) is 4.49. The Labute approximate surface area is 110 Å². The predicted molar refractivity (Wildman–Crippen MR) is 70.5 cm³/mol. The summed E-state index contributed by atoms with van der Waals surface area (Å²) in [5.74, 6) is 0. The molecule has 1 aromatic rings. The second-order valence-electron chi connectivity index (χ2n) is 4.32. The molecule has 17 heavy (non-hydrogen) atoms. The van der Waals surface area contributed by atoms with Crippen LogP contribution in [0.2, 0.25) is 0 Å². The minimum atomic E-state index is 0.409. The van der Waals surface area contributed by atoms with E-state index in [9.17, 15) is 4.79 Å². The van der Waals surface area contributed by atoms with Crippen molar-refractivity contribution in [3.63, 3.8) is 0 Å². The zero-order valence-electron chi connectivity index (χ0n) is 9.66. The largest absolute Gasteiger partial charge is 0.299 e. The first-order valence-electron chi connectivity index (χ1n) is 5.83. The summed E-state index contributed by atoms with van der Waals surface area (Å²) in [4.78, 5) is 16.1. The van der Waals surface area contributed by atoms with Crippen LogP contribution in [0.25, 0.3) is 0 Å². The average molecular weight is 295 g/mol. The van der Waals surface area contributed by atoms with Crippen molar-refractivity contribution in [2.45, 2.75) is 25.9 Å². The molecule has 0 bridgehead atoms. The second-order valence-corrected chi connectivity index (χ2v) is 5.17. The van der Waals surface area contributed by atoms with Gasteiger partial charge in [-0.05, 0) is 43.1 Å². The van der Waals surface area contributed by atoms with Gasteiger partial charge in [0.2, 0.25) is 6.08 Å². The number of rotatable bonds is 4. The summed E-state index contributed by atoms with van der Waals surface area (Å²) in [6.07, 6.45) is 4.18. The van der Waals surface area contributed by atoms with Crippen LogP contribution in [-0.4, -0.2) is 24.1 Å². The zero-order chi connectivity index (χ0) is 12.1. The van der Waals surface area contributed by atoms with E-state index < -0.39 is 0 Å². The number of likely N-dealkylation sites (tertiary alicyclic amines) is 1. The number of hydrogen-bond donors (Lipinski definition) is 0. The molecule has 4 heteroatoms. The Morgan fingerprint density at radius 3 is 2.76 bits per heavy atom. The summed E-state index contributed by atoms with van der Waals surface area (Å²) in [6.45, 7) is 3.80. The molecule has 0 radical (unpaired) electrons. The maximum Gasteiger partial charge on any atom is 0.235 e. The van der Waals surface area contributed by atoms with Crippen molar-refractivity contribution < 1.29 is 4.79 Å². The number of benzene rings is 1. The number of carbonyl (C=O) groups excluding carboxylic acids is 1. The van der Waals surface area contributed by atoms with E-state index >= 15 is 0 Å². The Hall–Kier alpha value is -0.960.